The van der Waals surface area contributed by atoms with E-state index in [4.69, 9.17) is 16.4 Å². The van der Waals surface area contributed by atoms with Crippen molar-refractivity contribution >= 4 is 28.6 Å². The largest absolute Gasteiger partial charge is 0.482 e. The van der Waals surface area contributed by atoms with Gasteiger partial charge in [0, 0.05) is 24.5 Å². The van der Waals surface area contributed by atoms with E-state index in [1.165, 1.54) is 11.0 Å². The Bertz CT molecular complexity index is 1110. The van der Waals surface area contributed by atoms with Crippen LogP contribution in [-0.4, -0.2) is 34.4 Å². The van der Waals surface area contributed by atoms with E-state index < -0.39 is 12.4 Å². The van der Waals surface area contributed by atoms with Crippen LogP contribution in [0.2, 0.25) is 0 Å². The van der Waals surface area contributed by atoms with Gasteiger partial charge in [0.2, 0.25) is 5.69 Å². The van der Waals surface area contributed by atoms with Crippen LogP contribution in [0.5, 0.6) is 5.75 Å². The topological polar surface area (TPSA) is 75.6 Å². The van der Waals surface area contributed by atoms with Crippen molar-refractivity contribution in [2.75, 3.05) is 18.1 Å². The van der Waals surface area contributed by atoms with Crippen LogP contribution in [0.1, 0.15) is 15.9 Å². The number of anilines is 1. The molecule has 1 aromatic carbocycles. The molecule has 1 aliphatic heterocycles. The Morgan fingerprint density at radius 2 is 2.15 bits per heavy atom. The van der Waals surface area contributed by atoms with Gasteiger partial charge in [0.25, 0.3) is 5.91 Å². The first-order chi connectivity index (χ1) is 13.1. The summed E-state index contributed by atoms with van der Waals surface area (Å²) in [4.78, 5) is 29.5. The highest BCUT2D eigenvalue weighted by Crippen LogP contribution is 2.36. The van der Waals surface area contributed by atoms with Gasteiger partial charge in [-0.1, -0.05) is 6.07 Å². The van der Waals surface area contributed by atoms with Gasteiger partial charge in [-0.2, -0.15) is 0 Å². The molecule has 0 bridgehead atoms. The van der Waals surface area contributed by atoms with E-state index in [-0.39, 0.29) is 19.1 Å². The molecule has 0 aliphatic carbocycles. The molecule has 7 heteroatoms. The summed E-state index contributed by atoms with van der Waals surface area (Å²) in [6, 6.07) is 10.3. The molecule has 0 spiro atoms. The molecule has 0 saturated heterocycles. The predicted octanol–water partition coefficient (Wildman–Crippen LogP) is 2.59. The van der Waals surface area contributed by atoms with Crippen molar-refractivity contribution in [3.8, 4) is 5.75 Å². The van der Waals surface area contributed by atoms with Crippen LogP contribution in [0.3, 0.4) is 0 Å². The zero-order chi connectivity index (χ0) is 19.0. The van der Waals surface area contributed by atoms with Crippen LogP contribution < -0.4 is 9.64 Å². The van der Waals surface area contributed by atoms with E-state index >= 15 is 0 Å². The lowest BCUT2D eigenvalue weighted by atomic mass is 10.1. The maximum atomic E-state index is 12.5. The quantitative estimate of drug-likeness (QED) is 0.572. The molecule has 2 aromatic heterocycles. The smallest absolute Gasteiger partial charge is 0.265 e. The van der Waals surface area contributed by atoms with Crippen LogP contribution >= 0.6 is 0 Å². The lowest BCUT2D eigenvalue weighted by Crippen LogP contribution is -2.38. The molecule has 0 atom stereocenters. The summed E-state index contributed by atoms with van der Waals surface area (Å²) in [6.45, 7) is 6.99. The van der Waals surface area contributed by atoms with E-state index in [0.29, 0.717) is 28.3 Å². The Morgan fingerprint density at radius 3 is 2.93 bits per heavy atom. The van der Waals surface area contributed by atoms with E-state index in [1.807, 2.05) is 35.0 Å². The fourth-order valence-electron chi connectivity index (χ4n) is 3.22. The SMILES string of the molecule is [C-]#[N+]c1c(CN2C(=O)COc3ccc(C(=O)CO)cc32)cn2ccccc12. The third-order valence-corrected chi connectivity index (χ3v) is 4.54. The number of carbonyl (C=O) groups is 2. The number of aromatic nitrogens is 1. The van der Waals surface area contributed by atoms with Crippen molar-refractivity contribution in [3.63, 3.8) is 0 Å². The Labute approximate surface area is 154 Å². The Hall–Kier alpha value is -3.63. The van der Waals surface area contributed by atoms with Gasteiger partial charge in [-0.3, -0.25) is 9.59 Å². The second kappa shape index (κ2) is 6.59. The number of aliphatic hydroxyl groups excluding tert-OH is 1. The normalized spacial score (nSPS) is 13.2. The number of fused-ring (bicyclic) bond motifs is 2. The number of Topliss-reactive ketones (excluding diaryl/α,β-unsaturated/α-hetero) is 1. The van der Waals surface area contributed by atoms with Gasteiger partial charge < -0.3 is 19.1 Å². The molecule has 1 amide bonds. The highest BCUT2D eigenvalue weighted by molar-refractivity contribution is 6.02. The molecule has 1 aliphatic rings. The van der Waals surface area contributed by atoms with Crippen LogP contribution in [0, 0.1) is 6.57 Å². The Kier molecular flexibility index (Phi) is 4.11. The summed E-state index contributed by atoms with van der Waals surface area (Å²) < 4.78 is 7.30. The van der Waals surface area contributed by atoms with Gasteiger partial charge in [0.05, 0.1) is 17.8 Å². The predicted molar refractivity (Wildman–Crippen MR) is 98.2 cm³/mol. The first kappa shape index (κ1) is 16.8. The summed E-state index contributed by atoms with van der Waals surface area (Å²) in [7, 11) is 0. The number of nitrogens with zero attached hydrogens (tertiary/aromatic N) is 3. The minimum absolute atomic E-state index is 0.110. The van der Waals surface area contributed by atoms with Crippen molar-refractivity contribution in [3.05, 3.63) is 71.3 Å². The van der Waals surface area contributed by atoms with E-state index in [0.717, 1.165) is 5.52 Å². The molecular formula is C20H15N3O4. The molecule has 7 nitrogen and oxygen atoms in total. The van der Waals surface area contributed by atoms with Crippen molar-refractivity contribution in [1.29, 1.82) is 0 Å². The number of rotatable bonds is 4. The van der Waals surface area contributed by atoms with Gasteiger partial charge in [0.1, 0.15) is 12.4 Å². The monoisotopic (exact) mass is 361 g/mol. The standard InChI is InChI=1S/C20H15N3O4/c1-21-20-14(9-22-7-3-2-4-15(20)22)10-23-16-8-13(17(25)11-24)5-6-18(16)27-12-19(23)26/h2-9,24H,10-12H2. The average Bonchev–Trinajstić information content (AvgIpc) is 3.06. The third kappa shape index (κ3) is 2.82. The number of ketones is 1. The minimum Gasteiger partial charge on any atom is -0.482 e. The molecule has 0 saturated carbocycles. The lowest BCUT2D eigenvalue weighted by Gasteiger charge is -2.29. The van der Waals surface area contributed by atoms with Gasteiger partial charge >= 0.3 is 0 Å². The van der Waals surface area contributed by atoms with E-state index in [2.05, 4.69) is 4.85 Å². The maximum absolute atomic E-state index is 12.5. The number of ether oxygens (including phenoxy) is 1. The molecular weight excluding hydrogens is 346 g/mol. The van der Waals surface area contributed by atoms with E-state index in [1.54, 1.807) is 12.1 Å². The summed E-state index contributed by atoms with van der Waals surface area (Å²) in [6.07, 6.45) is 3.68. The second-order valence-electron chi connectivity index (χ2n) is 6.14. The highest BCUT2D eigenvalue weighted by atomic mass is 16.5. The molecule has 3 aromatic rings. The van der Waals surface area contributed by atoms with Crippen LogP contribution in [0.15, 0.2) is 48.8 Å². The average molecular weight is 361 g/mol. The number of hydrogen-bond donors (Lipinski definition) is 1. The number of pyridine rings is 1. The lowest BCUT2D eigenvalue weighted by molar-refractivity contribution is -0.121. The van der Waals surface area contributed by atoms with Gasteiger partial charge in [-0.05, 0) is 35.9 Å². The maximum Gasteiger partial charge on any atom is 0.265 e. The van der Waals surface area contributed by atoms with Gasteiger partial charge in [-0.15, -0.1) is 0 Å². The van der Waals surface area contributed by atoms with Crippen molar-refractivity contribution in [2.45, 2.75) is 6.54 Å². The molecule has 134 valence electrons. The number of benzene rings is 1. The second-order valence-corrected chi connectivity index (χ2v) is 6.14. The van der Waals surface area contributed by atoms with E-state index in [9.17, 15) is 9.59 Å². The summed E-state index contributed by atoms with van der Waals surface area (Å²) in [5.74, 6) is -0.216. The molecule has 4 rings (SSSR count). The molecule has 3 heterocycles. The zero-order valence-corrected chi connectivity index (χ0v) is 14.3. The van der Waals surface area contributed by atoms with Crippen LogP contribution in [-0.2, 0) is 11.3 Å². The number of amides is 1. The van der Waals surface area contributed by atoms with Gasteiger partial charge in [-0.25, -0.2) is 4.85 Å². The summed E-state index contributed by atoms with van der Waals surface area (Å²) in [5, 5.41) is 9.10. The fourth-order valence-corrected chi connectivity index (χ4v) is 3.22. The molecule has 0 unspecified atom stereocenters. The van der Waals surface area contributed by atoms with Crippen LogP contribution in [0.25, 0.3) is 10.4 Å². The number of carbonyl (C=O) groups excluding carboxylic acids is 2. The number of aliphatic hydroxyl groups is 1. The first-order valence-corrected chi connectivity index (χ1v) is 8.29. The van der Waals surface area contributed by atoms with Crippen molar-refractivity contribution in [1.82, 2.24) is 4.40 Å². The highest BCUT2D eigenvalue weighted by Gasteiger charge is 2.28. The summed E-state index contributed by atoms with van der Waals surface area (Å²) in [5.41, 5.74) is 2.71. The molecule has 0 radical (unpaired) electrons. The van der Waals surface area contributed by atoms with Crippen molar-refractivity contribution < 1.29 is 19.4 Å². The zero-order valence-electron chi connectivity index (χ0n) is 14.3. The first-order valence-electron chi connectivity index (χ1n) is 8.29. The minimum atomic E-state index is -0.611. The summed E-state index contributed by atoms with van der Waals surface area (Å²) >= 11 is 0. The van der Waals surface area contributed by atoms with Crippen molar-refractivity contribution in [2.24, 2.45) is 0 Å². The molecule has 27 heavy (non-hydrogen) atoms. The Balaban J connectivity index is 1.78. The molecule has 1 N–H and O–H groups in total. The number of hydrogen-bond acceptors (Lipinski definition) is 4. The third-order valence-electron chi connectivity index (χ3n) is 4.54. The van der Waals surface area contributed by atoms with Crippen LogP contribution in [0.4, 0.5) is 11.4 Å². The van der Waals surface area contributed by atoms with Gasteiger partial charge in [0.15, 0.2) is 12.4 Å². The Morgan fingerprint density at radius 1 is 1.30 bits per heavy atom. The fraction of sp³-hybridized carbons (Fsp3) is 0.150. The molecule has 0 fully saturated rings.